The Morgan fingerprint density at radius 2 is 2.43 bits per heavy atom. The lowest BCUT2D eigenvalue weighted by atomic mass is 9.98. The van der Waals surface area contributed by atoms with Crippen LogP contribution in [-0.2, 0) is 0 Å². The molecule has 1 aromatic heterocycles. The van der Waals surface area contributed by atoms with Crippen molar-refractivity contribution in [1.29, 1.82) is 0 Å². The van der Waals surface area contributed by atoms with Gasteiger partial charge in [0.25, 0.3) is 5.91 Å². The molecule has 112 valence electrons. The van der Waals surface area contributed by atoms with E-state index >= 15 is 0 Å². The van der Waals surface area contributed by atoms with Crippen LogP contribution in [0.1, 0.15) is 23.2 Å². The van der Waals surface area contributed by atoms with E-state index in [0.717, 1.165) is 18.9 Å². The zero-order chi connectivity index (χ0) is 15.1. The van der Waals surface area contributed by atoms with E-state index in [4.69, 9.17) is 6.42 Å². The standard InChI is InChI=1S/C16H22N4O/c1-3-8-17-16(21)14-6-7-15(19-11-14)18-10-13-5-4-9-20(2)12-13/h1,6-7,11,13H,4-5,8-10,12H2,2H3,(H,17,21)(H,18,19). The average Bonchev–Trinajstić information content (AvgIpc) is 2.51. The number of hydrogen-bond donors (Lipinski definition) is 2. The van der Waals surface area contributed by atoms with Crippen LogP contribution in [0.3, 0.4) is 0 Å². The second-order valence-corrected chi connectivity index (χ2v) is 5.47. The molecule has 1 unspecified atom stereocenters. The van der Waals surface area contributed by atoms with Crippen molar-refractivity contribution in [2.75, 3.05) is 38.5 Å². The van der Waals surface area contributed by atoms with Gasteiger partial charge in [-0.2, -0.15) is 0 Å². The van der Waals surface area contributed by atoms with Gasteiger partial charge in [0.1, 0.15) is 5.82 Å². The number of terminal acetylenes is 1. The van der Waals surface area contributed by atoms with Gasteiger partial charge in [-0.15, -0.1) is 6.42 Å². The lowest BCUT2D eigenvalue weighted by molar-refractivity contribution is 0.0958. The molecule has 1 atom stereocenters. The number of nitrogens with zero attached hydrogens (tertiary/aromatic N) is 2. The lowest BCUT2D eigenvalue weighted by Gasteiger charge is -2.29. The number of piperidine rings is 1. The minimum absolute atomic E-state index is 0.194. The molecule has 5 heteroatoms. The highest BCUT2D eigenvalue weighted by molar-refractivity contribution is 5.94. The van der Waals surface area contributed by atoms with Crippen molar-refractivity contribution in [3.05, 3.63) is 23.9 Å². The first-order chi connectivity index (χ1) is 10.2. The normalized spacial score (nSPS) is 18.8. The highest BCUT2D eigenvalue weighted by atomic mass is 16.1. The highest BCUT2D eigenvalue weighted by Gasteiger charge is 2.16. The molecule has 5 nitrogen and oxygen atoms in total. The maximum absolute atomic E-state index is 11.7. The third kappa shape index (κ3) is 4.76. The van der Waals surface area contributed by atoms with E-state index in [2.05, 4.69) is 33.5 Å². The van der Waals surface area contributed by atoms with Gasteiger partial charge in [-0.05, 0) is 44.5 Å². The molecule has 21 heavy (non-hydrogen) atoms. The zero-order valence-corrected chi connectivity index (χ0v) is 12.4. The minimum Gasteiger partial charge on any atom is -0.370 e. The zero-order valence-electron chi connectivity index (χ0n) is 12.4. The molecule has 1 fully saturated rings. The molecule has 0 aromatic carbocycles. The number of nitrogens with one attached hydrogen (secondary N) is 2. The Hall–Kier alpha value is -2.06. The summed E-state index contributed by atoms with van der Waals surface area (Å²) in [7, 11) is 2.16. The minimum atomic E-state index is -0.194. The van der Waals surface area contributed by atoms with Gasteiger partial charge >= 0.3 is 0 Å². The molecular formula is C16H22N4O. The van der Waals surface area contributed by atoms with E-state index in [9.17, 15) is 4.79 Å². The van der Waals surface area contributed by atoms with E-state index in [1.807, 2.05) is 6.07 Å². The summed E-state index contributed by atoms with van der Waals surface area (Å²) in [6, 6.07) is 3.59. The average molecular weight is 286 g/mol. The van der Waals surface area contributed by atoms with Crippen LogP contribution in [0.15, 0.2) is 18.3 Å². The maximum Gasteiger partial charge on any atom is 0.253 e. The first-order valence-corrected chi connectivity index (χ1v) is 7.29. The number of carbonyl (C=O) groups excluding carboxylic acids is 1. The van der Waals surface area contributed by atoms with Crippen molar-refractivity contribution in [1.82, 2.24) is 15.2 Å². The summed E-state index contributed by atoms with van der Waals surface area (Å²) < 4.78 is 0. The molecule has 0 aliphatic carbocycles. The molecule has 2 heterocycles. The topological polar surface area (TPSA) is 57.3 Å². The molecule has 0 bridgehead atoms. The molecule has 1 aromatic rings. The monoisotopic (exact) mass is 286 g/mol. The molecule has 0 radical (unpaired) electrons. The van der Waals surface area contributed by atoms with Crippen molar-refractivity contribution in [2.24, 2.45) is 5.92 Å². The lowest BCUT2D eigenvalue weighted by Crippen LogP contribution is -2.35. The van der Waals surface area contributed by atoms with Gasteiger partial charge in [0.15, 0.2) is 0 Å². The third-order valence-electron chi connectivity index (χ3n) is 3.67. The number of anilines is 1. The number of likely N-dealkylation sites (tertiary alicyclic amines) is 1. The van der Waals surface area contributed by atoms with Crippen molar-refractivity contribution >= 4 is 11.7 Å². The Balaban J connectivity index is 1.82. The molecule has 1 aliphatic rings. The molecule has 2 rings (SSSR count). The van der Waals surface area contributed by atoms with Gasteiger partial charge in [-0.25, -0.2) is 4.98 Å². The SMILES string of the molecule is C#CCNC(=O)c1ccc(NCC2CCCN(C)C2)nc1. The van der Waals surface area contributed by atoms with Gasteiger partial charge in [-0.1, -0.05) is 5.92 Å². The number of aromatic nitrogens is 1. The molecule has 1 saturated heterocycles. The van der Waals surface area contributed by atoms with E-state index in [1.54, 1.807) is 12.3 Å². The fraction of sp³-hybridized carbons (Fsp3) is 0.500. The van der Waals surface area contributed by atoms with Crippen LogP contribution < -0.4 is 10.6 Å². The Morgan fingerprint density at radius 1 is 1.57 bits per heavy atom. The van der Waals surface area contributed by atoms with Crippen LogP contribution in [0.25, 0.3) is 0 Å². The molecule has 0 saturated carbocycles. The van der Waals surface area contributed by atoms with Crippen LogP contribution >= 0.6 is 0 Å². The Morgan fingerprint density at radius 3 is 3.10 bits per heavy atom. The van der Waals surface area contributed by atoms with E-state index in [-0.39, 0.29) is 12.5 Å². The molecule has 0 spiro atoms. The molecule has 1 amide bonds. The number of hydrogen-bond acceptors (Lipinski definition) is 4. The van der Waals surface area contributed by atoms with Crippen LogP contribution in [0.2, 0.25) is 0 Å². The number of amides is 1. The molecular weight excluding hydrogens is 264 g/mol. The van der Waals surface area contributed by atoms with Crippen molar-refractivity contribution in [2.45, 2.75) is 12.8 Å². The smallest absolute Gasteiger partial charge is 0.253 e. The molecule has 1 aliphatic heterocycles. The fourth-order valence-electron chi connectivity index (χ4n) is 2.55. The largest absolute Gasteiger partial charge is 0.370 e. The van der Waals surface area contributed by atoms with Gasteiger partial charge < -0.3 is 15.5 Å². The number of pyridine rings is 1. The summed E-state index contributed by atoms with van der Waals surface area (Å²) in [5.74, 6) is 3.64. The van der Waals surface area contributed by atoms with E-state index in [0.29, 0.717) is 11.5 Å². The Kier molecular flexibility index (Phi) is 5.59. The van der Waals surface area contributed by atoms with Gasteiger partial charge in [0.2, 0.25) is 0 Å². The fourth-order valence-corrected chi connectivity index (χ4v) is 2.55. The van der Waals surface area contributed by atoms with Crippen LogP contribution in [0, 0.1) is 18.3 Å². The summed E-state index contributed by atoms with van der Waals surface area (Å²) in [6.07, 6.45) is 9.18. The van der Waals surface area contributed by atoms with Crippen LogP contribution in [-0.4, -0.2) is 49.0 Å². The summed E-state index contributed by atoms with van der Waals surface area (Å²) in [5, 5.41) is 5.96. The summed E-state index contributed by atoms with van der Waals surface area (Å²) in [4.78, 5) is 18.3. The molecule has 2 N–H and O–H groups in total. The quantitative estimate of drug-likeness (QED) is 0.799. The predicted octanol–water partition coefficient (Wildman–Crippen LogP) is 1.20. The summed E-state index contributed by atoms with van der Waals surface area (Å²) in [5.41, 5.74) is 0.521. The highest BCUT2D eigenvalue weighted by Crippen LogP contribution is 2.15. The van der Waals surface area contributed by atoms with Crippen molar-refractivity contribution < 1.29 is 4.79 Å². The van der Waals surface area contributed by atoms with Crippen molar-refractivity contribution in [3.63, 3.8) is 0 Å². The van der Waals surface area contributed by atoms with Gasteiger partial charge in [-0.3, -0.25) is 4.79 Å². The second kappa shape index (κ2) is 7.65. The number of rotatable bonds is 5. The van der Waals surface area contributed by atoms with E-state index in [1.165, 1.54) is 19.4 Å². The number of carbonyl (C=O) groups is 1. The Bertz CT molecular complexity index is 506. The third-order valence-corrected chi connectivity index (χ3v) is 3.67. The summed E-state index contributed by atoms with van der Waals surface area (Å²) in [6.45, 7) is 3.46. The Labute approximate surface area is 126 Å². The van der Waals surface area contributed by atoms with E-state index < -0.39 is 0 Å². The second-order valence-electron chi connectivity index (χ2n) is 5.47. The van der Waals surface area contributed by atoms with Crippen LogP contribution in [0.4, 0.5) is 5.82 Å². The first-order valence-electron chi connectivity index (χ1n) is 7.29. The van der Waals surface area contributed by atoms with Crippen molar-refractivity contribution in [3.8, 4) is 12.3 Å². The maximum atomic E-state index is 11.7. The first kappa shape index (κ1) is 15.3. The van der Waals surface area contributed by atoms with Crippen LogP contribution in [0.5, 0.6) is 0 Å². The predicted molar refractivity (Wildman–Crippen MR) is 84.1 cm³/mol. The van der Waals surface area contributed by atoms with Gasteiger partial charge in [0, 0.05) is 19.3 Å². The van der Waals surface area contributed by atoms with Gasteiger partial charge in [0.05, 0.1) is 12.1 Å². The summed E-state index contributed by atoms with van der Waals surface area (Å²) >= 11 is 0.